The number of rotatable bonds is 2. The van der Waals surface area contributed by atoms with Gasteiger partial charge in [0.1, 0.15) is 11.9 Å². The molecule has 96 valence electrons. The average molecular weight is 283 g/mol. The number of hydrogen-bond donors (Lipinski definition) is 0. The van der Waals surface area contributed by atoms with E-state index in [1.807, 2.05) is 6.26 Å². The molecule has 0 aliphatic carbocycles. The first-order valence-electron chi connectivity index (χ1n) is 5.73. The molecule has 1 aliphatic rings. The highest BCUT2D eigenvalue weighted by molar-refractivity contribution is 8.00. The van der Waals surface area contributed by atoms with Gasteiger partial charge < -0.3 is 4.74 Å². The predicted octanol–water partition coefficient (Wildman–Crippen LogP) is 1.96. The van der Waals surface area contributed by atoms with Gasteiger partial charge in [0.2, 0.25) is 0 Å². The smallest absolute Gasteiger partial charge is 0.280 e. The van der Waals surface area contributed by atoms with Gasteiger partial charge in [0.15, 0.2) is 14.7 Å². The molecule has 0 spiro atoms. The number of ether oxygens (including phenoxy) is 1. The summed E-state index contributed by atoms with van der Waals surface area (Å²) >= 11 is 3.00. The van der Waals surface area contributed by atoms with E-state index in [9.17, 15) is 4.79 Å². The van der Waals surface area contributed by atoms with Crippen molar-refractivity contribution in [1.29, 1.82) is 0 Å². The fraction of sp³-hybridized carbons (Fsp3) is 0.545. The number of thioether (sulfide) groups is 1. The van der Waals surface area contributed by atoms with E-state index in [1.165, 1.54) is 23.1 Å². The molecule has 18 heavy (non-hydrogen) atoms. The molecule has 7 heteroatoms. The van der Waals surface area contributed by atoms with Gasteiger partial charge in [0, 0.05) is 13.7 Å². The molecule has 5 nitrogen and oxygen atoms in total. The molecule has 2 aromatic heterocycles. The average Bonchev–Trinajstić information content (AvgIpc) is 3.02. The van der Waals surface area contributed by atoms with E-state index in [-0.39, 0.29) is 11.7 Å². The first-order chi connectivity index (χ1) is 8.70. The maximum absolute atomic E-state index is 12.2. The summed E-state index contributed by atoms with van der Waals surface area (Å²) in [5, 5.41) is 0. The molecule has 0 aromatic carbocycles. The van der Waals surface area contributed by atoms with Crippen LogP contribution in [-0.2, 0) is 11.8 Å². The Hall–Kier alpha value is -0.920. The number of thiazole rings is 1. The van der Waals surface area contributed by atoms with Gasteiger partial charge in [-0.15, -0.1) is 0 Å². The van der Waals surface area contributed by atoms with Crippen molar-refractivity contribution in [3.05, 3.63) is 16.2 Å². The van der Waals surface area contributed by atoms with E-state index in [4.69, 9.17) is 4.74 Å². The minimum absolute atomic E-state index is 0.0491. The molecule has 3 heterocycles. The third kappa shape index (κ3) is 1.86. The van der Waals surface area contributed by atoms with E-state index < -0.39 is 0 Å². The Morgan fingerprint density at radius 1 is 1.50 bits per heavy atom. The zero-order valence-corrected chi connectivity index (χ0v) is 11.8. The fourth-order valence-corrected chi connectivity index (χ4v) is 3.53. The molecule has 3 rings (SSSR count). The highest BCUT2D eigenvalue weighted by atomic mass is 32.2. The maximum Gasteiger partial charge on any atom is 0.280 e. The number of aromatic nitrogens is 3. The Kier molecular flexibility index (Phi) is 3.13. The van der Waals surface area contributed by atoms with Crippen molar-refractivity contribution in [2.45, 2.75) is 23.3 Å². The summed E-state index contributed by atoms with van der Waals surface area (Å²) < 4.78 is 8.06. The predicted molar refractivity (Wildman–Crippen MR) is 72.4 cm³/mol. The Bertz CT molecular complexity index is 644. The van der Waals surface area contributed by atoms with Gasteiger partial charge in [-0.3, -0.25) is 9.36 Å². The zero-order chi connectivity index (χ0) is 12.7. The SMILES string of the molecule is CSc1nc2c(=O)n(C)c(C3CCCO3)nc2s1. The van der Waals surface area contributed by atoms with Crippen molar-refractivity contribution in [2.24, 2.45) is 7.05 Å². The minimum Gasteiger partial charge on any atom is -0.370 e. The molecule has 0 bridgehead atoms. The lowest BCUT2D eigenvalue weighted by atomic mass is 10.2. The molecule has 0 saturated carbocycles. The van der Waals surface area contributed by atoms with Gasteiger partial charge in [-0.25, -0.2) is 9.97 Å². The molecular formula is C11H13N3O2S2. The number of fused-ring (bicyclic) bond motifs is 1. The van der Waals surface area contributed by atoms with E-state index >= 15 is 0 Å². The molecule has 1 atom stereocenters. The fourth-order valence-electron chi connectivity index (χ4n) is 2.11. The first-order valence-corrected chi connectivity index (χ1v) is 7.78. The van der Waals surface area contributed by atoms with Crippen molar-refractivity contribution in [2.75, 3.05) is 12.9 Å². The summed E-state index contributed by atoms with van der Waals surface area (Å²) in [6.07, 6.45) is 3.85. The largest absolute Gasteiger partial charge is 0.370 e. The Morgan fingerprint density at radius 3 is 3.00 bits per heavy atom. The molecule has 0 radical (unpaired) electrons. The van der Waals surface area contributed by atoms with Gasteiger partial charge in [0.25, 0.3) is 5.56 Å². The van der Waals surface area contributed by atoms with Gasteiger partial charge in [-0.2, -0.15) is 0 Å². The van der Waals surface area contributed by atoms with Gasteiger partial charge >= 0.3 is 0 Å². The van der Waals surface area contributed by atoms with Crippen molar-refractivity contribution in [3.8, 4) is 0 Å². The number of nitrogens with zero attached hydrogens (tertiary/aromatic N) is 3. The Morgan fingerprint density at radius 2 is 2.33 bits per heavy atom. The highest BCUT2D eigenvalue weighted by Crippen LogP contribution is 2.29. The van der Waals surface area contributed by atoms with Crippen LogP contribution in [0, 0.1) is 0 Å². The lowest BCUT2D eigenvalue weighted by Gasteiger charge is -2.12. The first kappa shape index (κ1) is 12.1. The quantitative estimate of drug-likeness (QED) is 0.789. The lowest BCUT2D eigenvalue weighted by Crippen LogP contribution is -2.24. The second-order valence-electron chi connectivity index (χ2n) is 4.17. The molecule has 0 N–H and O–H groups in total. The van der Waals surface area contributed by atoms with Crippen LogP contribution in [0.3, 0.4) is 0 Å². The van der Waals surface area contributed by atoms with Gasteiger partial charge in [-0.05, 0) is 19.1 Å². The molecular weight excluding hydrogens is 270 g/mol. The van der Waals surface area contributed by atoms with E-state index in [0.29, 0.717) is 10.3 Å². The lowest BCUT2D eigenvalue weighted by molar-refractivity contribution is 0.102. The monoisotopic (exact) mass is 283 g/mol. The van der Waals surface area contributed by atoms with Crippen molar-refractivity contribution in [1.82, 2.24) is 14.5 Å². The topological polar surface area (TPSA) is 57.0 Å². The van der Waals surface area contributed by atoms with Crippen molar-refractivity contribution >= 4 is 33.4 Å². The van der Waals surface area contributed by atoms with E-state index in [2.05, 4.69) is 9.97 Å². The summed E-state index contributed by atoms with van der Waals surface area (Å²) in [6, 6.07) is 0. The molecule has 1 fully saturated rings. The minimum atomic E-state index is -0.0814. The summed E-state index contributed by atoms with van der Waals surface area (Å²) in [7, 11) is 1.74. The summed E-state index contributed by atoms with van der Waals surface area (Å²) in [4.78, 5) is 21.8. The summed E-state index contributed by atoms with van der Waals surface area (Å²) in [5.74, 6) is 0.723. The molecule has 1 unspecified atom stereocenters. The van der Waals surface area contributed by atoms with Gasteiger partial charge in [0.05, 0.1) is 0 Å². The molecule has 0 amide bonds. The van der Waals surface area contributed by atoms with Crippen LogP contribution in [0.4, 0.5) is 0 Å². The van der Waals surface area contributed by atoms with Crippen LogP contribution in [0.2, 0.25) is 0 Å². The number of hydrogen-bond acceptors (Lipinski definition) is 6. The normalized spacial score (nSPS) is 19.8. The second kappa shape index (κ2) is 4.64. The molecule has 1 aliphatic heterocycles. The standard InChI is InChI=1S/C11H13N3O2S2/c1-14-8(6-4-3-5-16-6)13-9-7(10(14)15)12-11(17-2)18-9/h6H,3-5H2,1-2H3. The van der Waals surface area contributed by atoms with Crippen LogP contribution >= 0.6 is 23.1 Å². The van der Waals surface area contributed by atoms with Crippen LogP contribution in [0.5, 0.6) is 0 Å². The Balaban J connectivity index is 2.20. The zero-order valence-electron chi connectivity index (χ0n) is 10.2. The van der Waals surface area contributed by atoms with Crippen LogP contribution < -0.4 is 5.56 Å². The summed E-state index contributed by atoms with van der Waals surface area (Å²) in [6.45, 7) is 0.747. The third-order valence-corrected chi connectivity index (χ3v) is 4.98. The third-order valence-electron chi connectivity index (χ3n) is 3.05. The van der Waals surface area contributed by atoms with Crippen LogP contribution in [-0.4, -0.2) is 27.4 Å². The van der Waals surface area contributed by atoms with Crippen LogP contribution in [0.15, 0.2) is 9.13 Å². The van der Waals surface area contributed by atoms with Crippen molar-refractivity contribution < 1.29 is 4.74 Å². The maximum atomic E-state index is 12.2. The van der Waals surface area contributed by atoms with Crippen LogP contribution in [0.25, 0.3) is 10.3 Å². The van der Waals surface area contributed by atoms with Gasteiger partial charge in [-0.1, -0.05) is 23.1 Å². The Labute approximate surface area is 112 Å². The molecule has 1 saturated heterocycles. The highest BCUT2D eigenvalue weighted by Gasteiger charge is 2.24. The van der Waals surface area contributed by atoms with E-state index in [1.54, 1.807) is 11.6 Å². The summed E-state index contributed by atoms with van der Waals surface area (Å²) in [5.41, 5.74) is 0.385. The molecule has 2 aromatic rings. The van der Waals surface area contributed by atoms with E-state index in [0.717, 1.165) is 29.6 Å². The van der Waals surface area contributed by atoms with Crippen LogP contribution in [0.1, 0.15) is 24.8 Å². The van der Waals surface area contributed by atoms with Crippen molar-refractivity contribution in [3.63, 3.8) is 0 Å². The second-order valence-corrected chi connectivity index (χ2v) is 6.20.